The van der Waals surface area contributed by atoms with Crippen LogP contribution in [0.15, 0.2) is 42.5 Å². The first-order valence-corrected chi connectivity index (χ1v) is 10.6. The molecule has 1 atom stereocenters. The molecular weight excluding hydrogens is 368 g/mol. The van der Waals surface area contributed by atoms with Crippen molar-refractivity contribution in [1.29, 1.82) is 0 Å². The first kappa shape index (κ1) is 19.3. The maximum absolute atomic E-state index is 12.6. The lowest BCUT2D eigenvalue weighted by atomic mass is 9.95. The summed E-state index contributed by atoms with van der Waals surface area (Å²) in [5.41, 5.74) is 0.503. The molecule has 1 heterocycles. The van der Waals surface area contributed by atoms with Gasteiger partial charge in [0.25, 0.3) is 0 Å². The second-order valence-electron chi connectivity index (χ2n) is 6.82. The van der Waals surface area contributed by atoms with Gasteiger partial charge in [0.2, 0.25) is 15.9 Å². The number of carboxylic acids is 1. The average molecular weight is 390 g/mol. The number of piperidine rings is 1. The normalized spacial score (nSPS) is 17.5. The molecule has 7 nitrogen and oxygen atoms in total. The quantitative estimate of drug-likeness (QED) is 0.810. The number of aliphatic carboxylic acids is 1. The summed E-state index contributed by atoms with van der Waals surface area (Å²) < 4.78 is 24.5. The fraction of sp³-hybridized carbons (Fsp3) is 0.368. The zero-order valence-corrected chi connectivity index (χ0v) is 15.8. The first-order valence-electron chi connectivity index (χ1n) is 8.73. The highest BCUT2D eigenvalue weighted by molar-refractivity contribution is 7.88. The summed E-state index contributed by atoms with van der Waals surface area (Å²) in [6.45, 7) is 0.537. The van der Waals surface area contributed by atoms with Crippen LogP contribution < -0.4 is 5.32 Å². The van der Waals surface area contributed by atoms with Crippen LogP contribution in [0.1, 0.15) is 24.4 Å². The standard InChI is InChI=1S/C19H22N2O5S/c1-27(25,26)21-10-8-14(9-11-21)18(22)20-17(19(23)24)16-7-6-13-4-2-3-5-15(13)12-16/h2-7,12,14,17H,8-11H2,1H3,(H,20,22)(H,23,24). The number of hydrogen-bond donors (Lipinski definition) is 2. The Morgan fingerprint density at radius 1 is 1.11 bits per heavy atom. The van der Waals surface area contributed by atoms with Crippen LogP contribution in [0.5, 0.6) is 0 Å². The van der Waals surface area contributed by atoms with Crippen molar-refractivity contribution < 1.29 is 23.1 Å². The summed E-state index contributed by atoms with van der Waals surface area (Å²) in [5.74, 6) is -1.89. The van der Waals surface area contributed by atoms with Crippen LogP contribution in [-0.2, 0) is 19.6 Å². The van der Waals surface area contributed by atoms with Gasteiger partial charge in [-0.25, -0.2) is 17.5 Å². The van der Waals surface area contributed by atoms with Gasteiger partial charge in [-0.05, 0) is 35.2 Å². The summed E-state index contributed by atoms with van der Waals surface area (Å²) in [7, 11) is -3.27. The molecule has 0 spiro atoms. The Morgan fingerprint density at radius 3 is 2.33 bits per heavy atom. The number of rotatable bonds is 5. The third-order valence-electron chi connectivity index (χ3n) is 4.93. The van der Waals surface area contributed by atoms with E-state index in [-0.39, 0.29) is 19.0 Å². The molecule has 27 heavy (non-hydrogen) atoms. The van der Waals surface area contributed by atoms with Gasteiger partial charge in [0.1, 0.15) is 0 Å². The largest absolute Gasteiger partial charge is 0.479 e. The van der Waals surface area contributed by atoms with E-state index in [2.05, 4.69) is 5.32 Å². The average Bonchev–Trinajstić information content (AvgIpc) is 2.64. The van der Waals surface area contributed by atoms with Crippen LogP contribution in [0.4, 0.5) is 0 Å². The molecule has 1 aliphatic rings. The second-order valence-corrected chi connectivity index (χ2v) is 8.81. The van der Waals surface area contributed by atoms with E-state index in [4.69, 9.17) is 0 Å². The SMILES string of the molecule is CS(=O)(=O)N1CCC(C(=O)NC(C(=O)O)c2ccc3ccccc3c2)CC1. The Morgan fingerprint density at radius 2 is 1.74 bits per heavy atom. The summed E-state index contributed by atoms with van der Waals surface area (Å²) >= 11 is 0. The van der Waals surface area contributed by atoms with Gasteiger partial charge >= 0.3 is 5.97 Å². The summed E-state index contributed by atoms with van der Waals surface area (Å²) in [6.07, 6.45) is 1.90. The van der Waals surface area contributed by atoms with Crippen molar-refractivity contribution in [2.45, 2.75) is 18.9 Å². The molecule has 8 heteroatoms. The number of carbonyl (C=O) groups is 2. The molecule has 0 bridgehead atoms. The van der Waals surface area contributed by atoms with Gasteiger partial charge in [0, 0.05) is 19.0 Å². The number of carboxylic acid groups (broad SMARTS) is 1. The Hall–Kier alpha value is -2.45. The Bertz CT molecular complexity index is 965. The van der Waals surface area contributed by atoms with Gasteiger partial charge in [-0.1, -0.05) is 36.4 Å². The van der Waals surface area contributed by atoms with Gasteiger partial charge in [-0.2, -0.15) is 0 Å². The van der Waals surface area contributed by atoms with Crippen molar-refractivity contribution in [3.05, 3.63) is 48.0 Å². The van der Waals surface area contributed by atoms with Crippen LogP contribution in [0.3, 0.4) is 0 Å². The van der Waals surface area contributed by atoms with E-state index >= 15 is 0 Å². The summed E-state index contributed by atoms with van der Waals surface area (Å²) in [6, 6.07) is 11.8. The van der Waals surface area contributed by atoms with Crippen molar-refractivity contribution in [3.8, 4) is 0 Å². The molecule has 2 aromatic carbocycles. The molecule has 0 aromatic heterocycles. The Labute approximate surface area is 158 Å². The Kier molecular flexibility index (Phi) is 5.48. The van der Waals surface area contributed by atoms with Crippen molar-refractivity contribution in [1.82, 2.24) is 9.62 Å². The zero-order valence-electron chi connectivity index (χ0n) is 15.0. The van der Waals surface area contributed by atoms with Crippen LogP contribution in [0.2, 0.25) is 0 Å². The molecule has 1 aliphatic heterocycles. The third-order valence-corrected chi connectivity index (χ3v) is 6.24. The molecule has 2 N–H and O–H groups in total. The smallest absolute Gasteiger partial charge is 0.330 e. The first-order chi connectivity index (χ1) is 12.8. The van der Waals surface area contributed by atoms with Crippen molar-refractivity contribution >= 4 is 32.7 Å². The van der Waals surface area contributed by atoms with Crippen LogP contribution in [0.25, 0.3) is 10.8 Å². The van der Waals surface area contributed by atoms with Gasteiger partial charge < -0.3 is 10.4 Å². The molecule has 1 unspecified atom stereocenters. The number of fused-ring (bicyclic) bond motifs is 1. The highest BCUT2D eigenvalue weighted by Crippen LogP contribution is 2.23. The molecule has 1 fully saturated rings. The number of benzene rings is 2. The minimum atomic E-state index is -3.27. The van der Waals surface area contributed by atoms with E-state index in [1.54, 1.807) is 12.1 Å². The fourth-order valence-corrected chi connectivity index (χ4v) is 4.26. The van der Waals surface area contributed by atoms with Crippen molar-refractivity contribution in [2.75, 3.05) is 19.3 Å². The van der Waals surface area contributed by atoms with Gasteiger partial charge in [-0.15, -0.1) is 0 Å². The van der Waals surface area contributed by atoms with Gasteiger partial charge in [-0.3, -0.25) is 4.79 Å². The van der Waals surface area contributed by atoms with Crippen LogP contribution in [-0.4, -0.2) is 49.1 Å². The van der Waals surface area contributed by atoms with Crippen molar-refractivity contribution in [2.24, 2.45) is 5.92 Å². The van der Waals surface area contributed by atoms with Crippen LogP contribution >= 0.6 is 0 Å². The minimum absolute atomic E-state index is 0.268. The van der Waals surface area contributed by atoms with Crippen molar-refractivity contribution in [3.63, 3.8) is 0 Å². The highest BCUT2D eigenvalue weighted by atomic mass is 32.2. The topological polar surface area (TPSA) is 104 Å². The number of nitrogens with one attached hydrogen (secondary N) is 1. The highest BCUT2D eigenvalue weighted by Gasteiger charge is 2.31. The van der Waals surface area contributed by atoms with E-state index < -0.39 is 28.0 Å². The van der Waals surface area contributed by atoms with Crippen LogP contribution in [0, 0.1) is 5.92 Å². The molecule has 1 amide bonds. The molecule has 3 rings (SSSR count). The molecular formula is C19H22N2O5S. The number of nitrogens with zero attached hydrogens (tertiary/aromatic N) is 1. The lowest BCUT2D eigenvalue weighted by molar-refractivity contribution is -0.142. The number of amides is 1. The predicted octanol–water partition coefficient (Wildman–Crippen LogP) is 1.75. The Balaban J connectivity index is 1.72. The monoisotopic (exact) mass is 390 g/mol. The number of carbonyl (C=O) groups excluding carboxylic acids is 1. The third kappa shape index (κ3) is 4.45. The zero-order chi connectivity index (χ0) is 19.6. The molecule has 144 valence electrons. The van der Waals surface area contributed by atoms with E-state index in [1.165, 1.54) is 4.31 Å². The predicted molar refractivity (Wildman–Crippen MR) is 102 cm³/mol. The van der Waals surface area contributed by atoms with E-state index in [0.29, 0.717) is 18.4 Å². The van der Waals surface area contributed by atoms with Gasteiger partial charge in [0.15, 0.2) is 6.04 Å². The molecule has 2 aromatic rings. The number of hydrogen-bond acceptors (Lipinski definition) is 4. The lowest BCUT2D eigenvalue weighted by Gasteiger charge is -2.30. The molecule has 0 aliphatic carbocycles. The minimum Gasteiger partial charge on any atom is -0.479 e. The second kappa shape index (κ2) is 7.66. The van der Waals surface area contributed by atoms with E-state index in [1.807, 2.05) is 30.3 Å². The van der Waals surface area contributed by atoms with E-state index in [9.17, 15) is 23.1 Å². The molecule has 0 saturated carbocycles. The number of sulfonamides is 1. The van der Waals surface area contributed by atoms with E-state index in [0.717, 1.165) is 17.0 Å². The molecule has 1 saturated heterocycles. The lowest BCUT2D eigenvalue weighted by Crippen LogP contribution is -2.44. The maximum Gasteiger partial charge on any atom is 0.330 e. The summed E-state index contributed by atoms with van der Waals surface area (Å²) in [5, 5.41) is 14.1. The maximum atomic E-state index is 12.6. The van der Waals surface area contributed by atoms with Gasteiger partial charge in [0.05, 0.1) is 6.26 Å². The fourth-order valence-electron chi connectivity index (χ4n) is 3.38. The summed E-state index contributed by atoms with van der Waals surface area (Å²) in [4.78, 5) is 24.3. The molecule has 0 radical (unpaired) electrons.